The first-order valence-corrected chi connectivity index (χ1v) is 6.31. The quantitative estimate of drug-likeness (QED) is 0.690. The van der Waals surface area contributed by atoms with Crippen LogP contribution in [-0.4, -0.2) is 31.1 Å². The van der Waals surface area contributed by atoms with Crippen LogP contribution in [-0.2, 0) is 4.79 Å². The van der Waals surface area contributed by atoms with Crippen LogP contribution in [0.25, 0.3) is 0 Å². The average molecular weight is 241 g/mol. The van der Waals surface area contributed by atoms with Gasteiger partial charge in [0.1, 0.15) is 0 Å². The molecule has 0 bridgehead atoms. The van der Waals surface area contributed by atoms with Crippen molar-refractivity contribution in [1.29, 1.82) is 0 Å². The van der Waals surface area contributed by atoms with Crippen molar-refractivity contribution in [3.05, 3.63) is 0 Å². The van der Waals surface area contributed by atoms with Gasteiger partial charge in [0.2, 0.25) is 5.91 Å². The van der Waals surface area contributed by atoms with Gasteiger partial charge in [-0.1, -0.05) is 19.8 Å². The van der Waals surface area contributed by atoms with E-state index in [0.717, 1.165) is 18.8 Å². The number of rotatable bonds is 3. The van der Waals surface area contributed by atoms with Crippen LogP contribution in [0.3, 0.4) is 0 Å². The van der Waals surface area contributed by atoms with Crippen LogP contribution in [0, 0.1) is 5.92 Å². The smallest absolute Gasteiger partial charge is 0.321 e. The van der Waals surface area contributed by atoms with Crippen molar-refractivity contribution in [1.82, 2.24) is 16.0 Å². The Labute approximate surface area is 103 Å². The van der Waals surface area contributed by atoms with E-state index in [9.17, 15) is 9.59 Å². The van der Waals surface area contributed by atoms with Crippen molar-refractivity contribution in [2.75, 3.05) is 7.05 Å². The predicted molar refractivity (Wildman–Crippen MR) is 66.6 cm³/mol. The lowest BCUT2D eigenvalue weighted by atomic mass is 9.87. The fraction of sp³-hybridized carbons (Fsp3) is 0.833. The number of imide groups is 1. The van der Waals surface area contributed by atoms with Crippen LogP contribution in [0.1, 0.15) is 39.5 Å². The molecule has 17 heavy (non-hydrogen) atoms. The number of urea groups is 1. The minimum Gasteiger partial charge on any atom is -0.341 e. The molecule has 3 atom stereocenters. The van der Waals surface area contributed by atoms with E-state index in [4.69, 9.17) is 0 Å². The van der Waals surface area contributed by atoms with E-state index in [1.165, 1.54) is 19.9 Å². The van der Waals surface area contributed by atoms with E-state index >= 15 is 0 Å². The van der Waals surface area contributed by atoms with Gasteiger partial charge < -0.3 is 10.6 Å². The van der Waals surface area contributed by atoms with Crippen molar-refractivity contribution in [3.63, 3.8) is 0 Å². The molecule has 0 aromatic heterocycles. The van der Waals surface area contributed by atoms with E-state index < -0.39 is 6.03 Å². The summed E-state index contributed by atoms with van der Waals surface area (Å²) in [6.07, 6.45) is 4.71. The molecule has 0 aliphatic heterocycles. The SMILES string of the molecule is CNC(=O)NC(=O)C(C)NC1CCCC(C)C1. The highest BCUT2D eigenvalue weighted by Crippen LogP contribution is 2.23. The maximum absolute atomic E-state index is 11.6. The molecule has 0 aromatic rings. The van der Waals surface area contributed by atoms with Crippen molar-refractivity contribution in [2.24, 2.45) is 5.92 Å². The molecule has 0 spiro atoms. The summed E-state index contributed by atoms with van der Waals surface area (Å²) in [5.41, 5.74) is 0. The summed E-state index contributed by atoms with van der Waals surface area (Å²) in [5, 5.41) is 7.93. The number of carbonyl (C=O) groups excluding carboxylic acids is 2. The van der Waals surface area contributed by atoms with Crippen LogP contribution in [0.15, 0.2) is 0 Å². The zero-order chi connectivity index (χ0) is 12.8. The Kier molecular flexibility index (Phi) is 5.41. The second-order valence-electron chi connectivity index (χ2n) is 4.93. The maximum Gasteiger partial charge on any atom is 0.321 e. The molecule has 3 unspecified atom stereocenters. The normalized spacial score (nSPS) is 26.1. The molecule has 3 N–H and O–H groups in total. The van der Waals surface area contributed by atoms with Crippen molar-refractivity contribution in [3.8, 4) is 0 Å². The Hall–Kier alpha value is -1.10. The van der Waals surface area contributed by atoms with E-state index in [-0.39, 0.29) is 11.9 Å². The van der Waals surface area contributed by atoms with Gasteiger partial charge in [-0.2, -0.15) is 0 Å². The highest BCUT2D eigenvalue weighted by molar-refractivity contribution is 5.96. The number of hydrogen-bond donors (Lipinski definition) is 3. The van der Waals surface area contributed by atoms with Crippen LogP contribution in [0.5, 0.6) is 0 Å². The Morgan fingerprint density at radius 2 is 2.00 bits per heavy atom. The Morgan fingerprint density at radius 3 is 2.59 bits per heavy atom. The molecular formula is C12H23N3O2. The monoisotopic (exact) mass is 241 g/mol. The minimum absolute atomic E-state index is 0.275. The Morgan fingerprint density at radius 1 is 1.29 bits per heavy atom. The van der Waals surface area contributed by atoms with Crippen LogP contribution in [0.4, 0.5) is 4.79 Å². The van der Waals surface area contributed by atoms with Gasteiger partial charge >= 0.3 is 6.03 Å². The molecule has 0 saturated heterocycles. The number of nitrogens with one attached hydrogen (secondary N) is 3. The molecule has 1 aliphatic carbocycles. The second kappa shape index (κ2) is 6.59. The summed E-state index contributed by atoms with van der Waals surface area (Å²) in [6.45, 7) is 4.03. The lowest BCUT2D eigenvalue weighted by molar-refractivity contribution is -0.121. The Bertz CT molecular complexity index is 281. The molecule has 5 heteroatoms. The Balaban J connectivity index is 2.34. The van der Waals surface area contributed by atoms with Crippen LogP contribution in [0.2, 0.25) is 0 Å². The van der Waals surface area contributed by atoms with Crippen molar-refractivity contribution >= 4 is 11.9 Å². The molecule has 1 aliphatic rings. The third-order valence-electron chi connectivity index (χ3n) is 3.28. The van der Waals surface area contributed by atoms with Crippen LogP contribution >= 0.6 is 0 Å². The summed E-state index contributed by atoms with van der Waals surface area (Å²) in [4.78, 5) is 22.6. The third-order valence-corrected chi connectivity index (χ3v) is 3.28. The predicted octanol–water partition coefficient (Wildman–Crippen LogP) is 0.999. The van der Waals surface area contributed by atoms with Gasteiger partial charge in [0, 0.05) is 13.1 Å². The van der Waals surface area contributed by atoms with Crippen LogP contribution < -0.4 is 16.0 Å². The molecule has 5 nitrogen and oxygen atoms in total. The van der Waals surface area contributed by atoms with Gasteiger partial charge in [-0.25, -0.2) is 4.79 Å². The van der Waals surface area contributed by atoms with Gasteiger partial charge in [0.25, 0.3) is 0 Å². The standard InChI is InChI=1S/C12H23N3O2/c1-8-5-4-6-10(7-8)14-9(2)11(16)15-12(17)13-3/h8-10,14H,4-7H2,1-3H3,(H2,13,15,16,17). The van der Waals surface area contributed by atoms with E-state index in [1.807, 2.05) is 0 Å². The van der Waals surface area contributed by atoms with E-state index in [2.05, 4.69) is 22.9 Å². The molecule has 1 fully saturated rings. The maximum atomic E-state index is 11.6. The summed E-state index contributed by atoms with van der Waals surface area (Å²) >= 11 is 0. The lowest BCUT2D eigenvalue weighted by Crippen LogP contribution is -2.50. The average Bonchev–Trinajstić information content (AvgIpc) is 2.28. The highest BCUT2D eigenvalue weighted by Gasteiger charge is 2.23. The van der Waals surface area contributed by atoms with Gasteiger partial charge in [0.05, 0.1) is 6.04 Å². The molecule has 0 radical (unpaired) electrons. The van der Waals surface area contributed by atoms with Crippen molar-refractivity contribution < 1.29 is 9.59 Å². The fourth-order valence-electron chi connectivity index (χ4n) is 2.30. The molecule has 98 valence electrons. The summed E-state index contributed by atoms with van der Waals surface area (Å²) < 4.78 is 0. The third kappa shape index (κ3) is 4.73. The van der Waals surface area contributed by atoms with Gasteiger partial charge in [-0.15, -0.1) is 0 Å². The van der Waals surface area contributed by atoms with E-state index in [0.29, 0.717) is 6.04 Å². The number of carbonyl (C=O) groups is 2. The molecule has 3 amide bonds. The first-order chi connectivity index (χ1) is 8.02. The number of amides is 3. The molecule has 1 saturated carbocycles. The molecular weight excluding hydrogens is 218 g/mol. The fourth-order valence-corrected chi connectivity index (χ4v) is 2.30. The van der Waals surface area contributed by atoms with Crippen molar-refractivity contribution in [2.45, 2.75) is 51.6 Å². The first-order valence-electron chi connectivity index (χ1n) is 6.31. The summed E-state index contributed by atoms with van der Waals surface area (Å²) in [7, 11) is 1.49. The zero-order valence-electron chi connectivity index (χ0n) is 10.9. The minimum atomic E-state index is -0.458. The first kappa shape index (κ1) is 14.0. The summed E-state index contributed by atoms with van der Waals surface area (Å²) in [5.74, 6) is 0.443. The van der Waals surface area contributed by atoms with Gasteiger partial charge in [-0.3, -0.25) is 10.1 Å². The molecule has 0 heterocycles. The topological polar surface area (TPSA) is 70.2 Å². The van der Waals surface area contributed by atoms with Gasteiger partial charge in [0.15, 0.2) is 0 Å². The lowest BCUT2D eigenvalue weighted by Gasteiger charge is -2.29. The molecule has 0 aromatic carbocycles. The number of hydrogen-bond acceptors (Lipinski definition) is 3. The second-order valence-corrected chi connectivity index (χ2v) is 4.93. The summed E-state index contributed by atoms with van der Waals surface area (Å²) in [6, 6.07) is -0.396. The molecule has 1 rings (SSSR count). The van der Waals surface area contributed by atoms with E-state index in [1.54, 1.807) is 6.92 Å². The highest BCUT2D eigenvalue weighted by atomic mass is 16.2. The van der Waals surface area contributed by atoms with Gasteiger partial charge in [-0.05, 0) is 25.7 Å². The largest absolute Gasteiger partial charge is 0.341 e. The zero-order valence-corrected chi connectivity index (χ0v) is 10.9.